The lowest BCUT2D eigenvalue weighted by Crippen LogP contribution is -2.62. The number of likely N-dealkylation sites (tertiary alicyclic amines) is 2. The van der Waals surface area contributed by atoms with Gasteiger partial charge in [0.05, 0.1) is 12.1 Å². The first-order valence-electron chi connectivity index (χ1n) is 47.4. The molecule has 3 saturated carbocycles. The number of aromatic hydroxyl groups is 1. The molecule has 5 aliphatic heterocycles. The molecular formula is C99H136N14O15S2. The molecule has 13 rings (SSSR count). The Morgan fingerprint density at radius 2 is 1.42 bits per heavy atom. The fourth-order valence-corrected chi connectivity index (χ4v) is 24.7. The number of phenolic OH excluding ortho intramolecular Hbond substituents is 1. The third kappa shape index (κ3) is 23.7. The molecule has 6 fully saturated rings. The molecule has 29 nitrogen and oxygen atoms in total. The van der Waals surface area contributed by atoms with Crippen molar-refractivity contribution in [2.45, 2.75) is 275 Å². The number of phenols is 1. The number of hydrogen-bond acceptors (Lipinski definition) is 19. The predicted molar refractivity (Wildman–Crippen MR) is 502 cm³/mol. The zero-order valence-electron chi connectivity index (χ0n) is 76.7. The van der Waals surface area contributed by atoms with Gasteiger partial charge >= 0.3 is 6.09 Å². The molecule has 3 aromatic rings. The van der Waals surface area contributed by atoms with Crippen LogP contribution in [0.5, 0.6) is 5.75 Å². The lowest BCUT2D eigenvalue weighted by Gasteiger charge is -2.58. The van der Waals surface area contributed by atoms with E-state index >= 15 is 33.6 Å². The first kappa shape index (κ1) is 97.5. The van der Waals surface area contributed by atoms with Gasteiger partial charge in [-0.2, -0.15) is 0 Å². The minimum absolute atomic E-state index is 0.0428. The van der Waals surface area contributed by atoms with Crippen molar-refractivity contribution in [1.29, 1.82) is 0 Å². The fourth-order valence-electron chi connectivity index (χ4n) is 22.4. The van der Waals surface area contributed by atoms with Crippen molar-refractivity contribution in [1.82, 2.24) is 62.6 Å². The summed E-state index contributed by atoms with van der Waals surface area (Å²) >= 11 is 0. The predicted octanol–water partition coefficient (Wildman–Crippen LogP) is 9.35. The van der Waals surface area contributed by atoms with Crippen molar-refractivity contribution in [2.24, 2.45) is 74.8 Å². The molecule has 130 heavy (non-hydrogen) atoms. The van der Waals surface area contributed by atoms with E-state index in [0.717, 1.165) is 69.4 Å². The standard InChI is InChI=1S/C99H136N14O15S2/c1-57(2)20-16-21-59(5)72-38-39-73-71-37-34-67-52-69(40-42-98(67,7)74(71)41-43-99(72,73)8)128-97(127)101-44-15-14-27-76-87(117)109-84(58(3)4)94(124)108-81(92(122)110-85(60(6)114)86(100)116)56-130-129-55-80(91(121)104-77(49-61-31-35-68(115)36-32-61)88(118)105-79(90(120)103-76)51-66-53-102-75-26-13-12-25-70(66)75)107-89(119)78(50-62-30-33-63-22-10-11-23-64(63)48-62)106-93(123)82-28-18-46-112(82)96(126)83-29-19-47-113(83)95(125)65-24-17-45-111(9)54-65/h10-13,17,22-23,25-26,30-36,45,48,53-54,57-60,66,69-85,114-115H,14-16,18-21,24,27-29,37-44,46-47,49-52,55-56H2,1-9H3,(H2,100,116)(H,101,127)(H,103,120)(H,104,121)(H,105,118)(H,106,123)(H,107,119)(H,108,124)(H,109,117)(H,110,122). The molecule has 3 saturated heterocycles. The van der Waals surface area contributed by atoms with E-state index in [2.05, 4.69) is 88.5 Å². The zero-order valence-corrected chi connectivity index (χ0v) is 78.4. The number of hydrogen-bond donors (Lipinski definition) is 12. The van der Waals surface area contributed by atoms with Gasteiger partial charge in [-0.3, -0.25) is 57.7 Å². The number of primary amides is 1. The number of fused-ring (bicyclic) bond motifs is 7. The molecular weight excluding hydrogens is 1690 g/mol. The Morgan fingerprint density at radius 1 is 0.708 bits per heavy atom. The number of carbonyl (C=O) groups excluding carboxylic acids is 12. The highest BCUT2D eigenvalue weighted by atomic mass is 33.1. The number of nitrogens with zero attached hydrogens (tertiary/aromatic N) is 4. The number of benzene rings is 3. The van der Waals surface area contributed by atoms with Crippen LogP contribution in [0.3, 0.4) is 0 Å². The van der Waals surface area contributed by atoms with Gasteiger partial charge in [0.2, 0.25) is 59.1 Å². The number of amides is 12. The number of aliphatic hydroxyl groups is 1. The SMILES string of the molecule is CC(C)CCCC(C)C1CCC2C3CC=C4CC(OC(=O)NCCCCC5NC(=O)C(CC6C=NC7C=CC=CC67)NC(=O)C(Cc6ccc(O)cc6)NC(=O)C(NC(=O)C(Cc6ccc7ccccc7c6)NC(=O)C6CCCN6C(=O)C6CCCN6C(=O)C6=CN(C)C=CC6)CSSCC(C(=O)NC(C(N)=O)C(C)O)NC(=O)C(C(C)C)NC5=O)CCC4(C)C3CCC12C. The maximum absolute atomic E-state index is 15.8. The summed E-state index contributed by atoms with van der Waals surface area (Å²) in [5.74, 6) is -6.64. The molecule has 5 heterocycles. The minimum Gasteiger partial charge on any atom is -0.508 e. The summed E-state index contributed by atoms with van der Waals surface area (Å²) in [6.45, 7) is 17.5. The van der Waals surface area contributed by atoms with Gasteiger partial charge in [-0.25, -0.2) is 4.79 Å². The van der Waals surface area contributed by atoms with E-state index in [1.165, 1.54) is 74.5 Å². The maximum atomic E-state index is 15.8. The molecule has 13 N–H and O–H groups in total. The van der Waals surface area contributed by atoms with Gasteiger partial charge in [0.1, 0.15) is 72.3 Å². The Labute approximate surface area is 772 Å². The highest BCUT2D eigenvalue weighted by molar-refractivity contribution is 8.76. The molecule has 0 aromatic heterocycles. The molecule has 704 valence electrons. The van der Waals surface area contributed by atoms with Crippen LogP contribution in [0.4, 0.5) is 4.79 Å². The van der Waals surface area contributed by atoms with Gasteiger partial charge in [-0.15, -0.1) is 0 Å². The quantitative estimate of drug-likeness (QED) is 0.0183. The highest BCUT2D eigenvalue weighted by Crippen LogP contribution is 2.67. The van der Waals surface area contributed by atoms with Crippen molar-refractivity contribution >= 4 is 110 Å². The second-order valence-electron chi connectivity index (χ2n) is 39.3. The molecule has 10 aliphatic rings. The van der Waals surface area contributed by atoms with Crippen LogP contribution in [-0.2, 0) is 70.3 Å². The normalized spacial score (nSPS) is 30.5. The number of aliphatic hydroxyl groups excluding tert-OH is 1. The number of allylic oxidation sites excluding steroid dienone is 4. The van der Waals surface area contributed by atoms with Crippen molar-refractivity contribution < 1.29 is 72.5 Å². The first-order valence-corrected chi connectivity index (χ1v) is 49.9. The van der Waals surface area contributed by atoms with E-state index in [4.69, 9.17) is 15.5 Å². The molecule has 3 aromatic carbocycles. The van der Waals surface area contributed by atoms with Crippen molar-refractivity contribution in [2.75, 3.05) is 38.2 Å². The van der Waals surface area contributed by atoms with E-state index in [1.807, 2.05) is 86.1 Å². The largest absolute Gasteiger partial charge is 0.508 e. The monoisotopic (exact) mass is 1820 g/mol. The summed E-state index contributed by atoms with van der Waals surface area (Å²) in [4.78, 5) is 188. The number of carbonyl (C=O) groups is 12. The zero-order chi connectivity index (χ0) is 92.8. The lowest BCUT2D eigenvalue weighted by atomic mass is 9.47. The number of nitrogens with two attached hydrogens (primary N) is 1. The van der Waals surface area contributed by atoms with E-state index in [1.54, 1.807) is 48.2 Å². The second-order valence-corrected chi connectivity index (χ2v) is 41.9. The van der Waals surface area contributed by atoms with Crippen LogP contribution in [0.15, 0.2) is 132 Å². The van der Waals surface area contributed by atoms with Crippen LogP contribution < -0.4 is 53.6 Å². The van der Waals surface area contributed by atoms with E-state index < -0.39 is 144 Å². The average molecular weight is 1830 g/mol. The van der Waals surface area contributed by atoms with E-state index in [0.29, 0.717) is 84.9 Å². The van der Waals surface area contributed by atoms with Gasteiger partial charge in [0, 0.05) is 87.3 Å². The summed E-state index contributed by atoms with van der Waals surface area (Å²) in [7, 11) is 3.72. The third-order valence-electron chi connectivity index (χ3n) is 29.6. The summed E-state index contributed by atoms with van der Waals surface area (Å²) in [5, 5.41) is 48.6. The van der Waals surface area contributed by atoms with Gasteiger partial charge in [0.15, 0.2) is 0 Å². The molecule has 0 spiro atoms. The van der Waals surface area contributed by atoms with Crippen LogP contribution in [0.1, 0.15) is 195 Å². The van der Waals surface area contributed by atoms with Crippen LogP contribution in [0, 0.1) is 64.1 Å². The third-order valence-corrected chi connectivity index (χ3v) is 32.0. The smallest absolute Gasteiger partial charge is 0.407 e. The molecule has 22 unspecified atom stereocenters. The average Bonchev–Trinajstić information content (AvgIpc) is 1.34. The van der Waals surface area contributed by atoms with Gasteiger partial charge in [-0.05, 0) is 202 Å². The second kappa shape index (κ2) is 44.0. The number of unbranched alkanes of at least 4 members (excludes halogenated alkanes) is 1. The Hall–Kier alpha value is -10.0. The number of alkyl carbamates (subject to hydrolysis) is 1. The Bertz CT molecular complexity index is 4820. The number of rotatable bonds is 28. The van der Waals surface area contributed by atoms with Gasteiger partial charge in [0.25, 0.3) is 5.91 Å². The fraction of sp³-hybridized carbons (Fsp3) is 0.606. The number of aliphatic imine (C=N–C) groups is 1. The topological polar surface area (TPSA) is 411 Å². The Morgan fingerprint density at radius 3 is 2.16 bits per heavy atom. The lowest BCUT2D eigenvalue weighted by molar-refractivity contribution is -0.146. The molecule has 12 amide bonds. The first-order chi connectivity index (χ1) is 62.2. The molecule has 5 aliphatic carbocycles. The van der Waals surface area contributed by atoms with Gasteiger partial charge in [-0.1, -0.05) is 186 Å². The van der Waals surface area contributed by atoms with Crippen molar-refractivity contribution in [3.8, 4) is 5.75 Å². The van der Waals surface area contributed by atoms with Crippen LogP contribution in [-0.4, -0.2) is 219 Å². The number of ether oxygens (including phenoxy) is 1. The maximum Gasteiger partial charge on any atom is 0.407 e. The summed E-state index contributed by atoms with van der Waals surface area (Å²) in [6, 6.07) is 4.64. The molecule has 31 heteroatoms. The van der Waals surface area contributed by atoms with Crippen LogP contribution >= 0.6 is 21.6 Å². The van der Waals surface area contributed by atoms with Gasteiger partial charge < -0.3 is 83.2 Å². The Kier molecular flexibility index (Phi) is 33.0. The van der Waals surface area contributed by atoms with Crippen LogP contribution in [0.25, 0.3) is 10.8 Å². The molecule has 0 radical (unpaired) electrons. The van der Waals surface area contributed by atoms with E-state index in [9.17, 15) is 34.2 Å². The summed E-state index contributed by atoms with van der Waals surface area (Å²) < 4.78 is 6.21. The van der Waals surface area contributed by atoms with Crippen LogP contribution in [0.2, 0.25) is 0 Å². The molecule has 22 atom stereocenters. The highest BCUT2D eigenvalue weighted by Gasteiger charge is 2.60. The Balaban J connectivity index is 0.758. The summed E-state index contributed by atoms with van der Waals surface area (Å²) in [6.07, 6.45) is 29.3. The number of nitrogens with one attached hydrogen (secondary N) is 9. The van der Waals surface area contributed by atoms with E-state index in [-0.39, 0.29) is 98.3 Å². The van der Waals surface area contributed by atoms with Crippen molar-refractivity contribution in [3.63, 3.8) is 0 Å². The summed E-state index contributed by atoms with van der Waals surface area (Å²) in [5.41, 5.74) is 9.07. The molecule has 0 bridgehead atoms. The van der Waals surface area contributed by atoms with Crippen molar-refractivity contribution in [3.05, 3.63) is 138 Å². The minimum atomic E-state index is -1.65.